The van der Waals surface area contributed by atoms with Crippen LogP contribution in [-0.2, 0) is 15.6 Å². The zero-order chi connectivity index (χ0) is 12.0. The predicted octanol–water partition coefficient (Wildman–Crippen LogP) is 0.389. The minimum atomic E-state index is -0.789. The van der Waals surface area contributed by atoms with Gasteiger partial charge in [-0.2, -0.15) is 0 Å². The average molecular weight is 246 g/mol. The van der Waals surface area contributed by atoms with Gasteiger partial charge in [0.2, 0.25) is 5.91 Å². The van der Waals surface area contributed by atoms with E-state index in [1.807, 2.05) is 6.92 Å². The first kappa shape index (κ1) is 13.6. The van der Waals surface area contributed by atoms with Crippen molar-refractivity contribution in [1.82, 2.24) is 5.32 Å². The molecule has 0 bridgehead atoms. The highest BCUT2D eigenvalue weighted by Gasteiger charge is 2.24. The van der Waals surface area contributed by atoms with Gasteiger partial charge in [0.25, 0.3) is 0 Å². The first-order valence-electron chi connectivity index (χ1n) is 6.01. The Bertz CT molecular complexity index is 250. The van der Waals surface area contributed by atoms with Gasteiger partial charge >= 0.3 is 0 Å². The Hall–Kier alpha value is -0.420. The van der Waals surface area contributed by atoms with Gasteiger partial charge in [0.15, 0.2) is 0 Å². The minimum absolute atomic E-state index is 0.111. The lowest BCUT2D eigenvalue weighted by Crippen LogP contribution is -2.37. The van der Waals surface area contributed by atoms with Gasteiger partial charge in [-0.3, -0.25) is 9.00 Å². The lowest BCUT2D eigenvalue weighted by Gasteiger charge is -2.25. The zero-order valence-electron chi connectivity index (χ0n) is 9.91. The number of carbonyl (C=O) groups excluding carboxylic acids is 1. The molecule has 1 aliphatic rings. The van der Waals surface area contributed by atoms with Crippen molar-refractivity contribution >= 4 is 16.7 Å². The molecule has 1 saturated carbocycles. The van der Waals surface area contributed by atoms with E-state index in [9.17, 15) is 9.00 Å². The molecule has 0 spiro atoms. The number of hydrogen-bond acceptors (Lipinski definition) is 3. The van der Waals surface area contributed by atoms with E-state index in [-0.39, 0.29) is 17.9 Å². The smallest absolute Gasteiger partial charge is 0.223 e. The molecule has 0 aromatic heterocycles. The highest BCUT2D eigenvalue weighted by molar-refractivity contribution is 7.84. The summed E-state index contributed by atoms with van der Waals surface area (Å²) >= 11 is 0. The van der Waals surface area contributed by atoms with E-state index in [0.717, 1.165) is 25.7 Å². The van der Waals surface area contributed by atoms with Gasteiger partial charge in [0.1, 0.15) is 0 Å². The van der Waals surface area contributed by atoms with Crippen molar-refractivity contribution in [2.75, 3.05) is 18.1 Å². The van der Waals surface area contributed by atoms with Crippen LogP contribution in [0.15, 0.2) is 0 Å². The molecule has 0 saturated heterocycles. The summed E-state index contributed by atoms with van der Waals surface area (Å²) in [6, 6.07) is 0.275. The first-order valence-corrected chi connectivity index (χ1v) is 7.50. The molecule has 0 aliphatic heterocycles. The Morgan fingerprint density at radius 1 is 1.38 bits per heavy atom. The maximum absolute atomic E-state index is 11.7. The fourth-order valence-electron chi connectivity index (χ4n) is 1.96. The summed E-state index contributed by atoms with van der Waals surface area (Å²) in [6.07, 6.45) is 3.67. The van der Waals surface area contributed by atoms with E-state index in [1.165, 1.54) is 0 Å². The number of rotatable bonds is 5. The quantitative estimate of drug-likeness (QED) is 0.737. The summed E-state index contributed by atoms with van der Waals surface area (Å²) in [4.78, 5) is 11.7. The Morgan fingerprint density at radius 2 is 2.00 bits per heavy atom. The molecule has 0 radical (unpaired) electrons. The maximum Gasteiger partial charge on any atom is 0.223 e. The van der Waals surface area contributed by atoms with Crippen LogP contribution in [0.2, 0.25) is 0 Å². The molecule has 3 N–H and O–H groups in total. The van der Waals surface area contributed by atoms with E-state index in [0.29, 0.717) is 18.1 Å². The Labute approximate surface area is 99.8 Å². The fraction of sp³-hybridized carbons (Fsp3) is 0.909. The third kappa shape index (κ3) is 4.61. The Balaban J connectivity index is 2.17. The molecule has 1 amide bonds. The number of amides is 1. The van der Waals surface area contributed by atoms with Gasteiger partial charge in [0, 0.05) is 40.8 Å². The van der Waals surface area contributed by atoms with Gasteiger partial charge in [0.05, 0.1) is 0 Å². The first-order chi connectivity index (χ1) is 7.63. The molecule has 1 rings (SSSR count). The van der Waals surface area contributed by atoms with Crippen LogP contribution in [0, 0.1) is 5.92 Å². The number of carbonyl (C=O) groups is 1. The standard InChI is InChI=1S/C11H22N2O2S/c1-2-16(15)8-7-13-11(14)9-3-5-10(12)6-4-9/h9-10H,2-8,12H2,1H3,(H,13,14). The molecule has 1 fully saturated rings. The summed E-state index contributed by atoms with van der Waals surface area (Å²) in [6.45, 7) is 2.42. The molecule has 1 aliphatic carbocycles. The maximum atomic E-state index is 11.7. The molecule has 4 nitrogen and oxygen atoms in total. The zero-order valence-corrected chi connectivity index (χ0v) is 10.7. The van der Waals surface area contributed by atoms with Crippen molar-refractivity contribution in [3.8, 4) is 0 Å². The molecular weight excluding hydrogens is 224 g/mol. The number of hydrogen-bond donors (Lipinski definition) is 2. The monoisotopic (exact) mass is 246 g/mol. The second-order valence-electron chi connectivity index (χ2n) is 4.34. The molecule has 0 aromatic carbocycles. The van der Waals surface area contributed by atoms with E-state index in [2.05, 4.69) is 5.32 Å². The number of nitrogens with one attached hydrogen (secondary N) is 1. The van der Waals surface area contributed by atoms with Crippen molar-refractivity contribution in [2.45, 2.75) is 38.6 Å². The van der Waals surface area contributed by atoms with E-state index >= 15 is 0 Å². The van der Waals surface area contributed by atoms with E-state index in [1.54, 1.807) is 0 Å². The van der Waals surface area contributed by atoms with Crippen LogP contribution in [-0.4, -0.2) is 34.2 Å². The third-order valence-corrected chi connectivity index (χ3v) is 4.40. The van der Waals surface area contributed by atoms with Crippen molar-refractivity contribution in [3.63, 3.8) is 0 Å². The fourth-order valence-corrected chi connectivity index (χ4v) is 2.58. The minimum Gasteiger partial charge on any atom is -0.355 e. The summed E-state index contributed by atoms with van der Waals surface area (Å²) in [5.41, 5.74) is 5.78. The van der Waals surface area contributed by atoms with Gasteiger partial charge in [-0.25, -0.2) is 0 Å². The Morgan fingerprint density at radius 3 is 2.56 bits per heavy atom. The second-order valence-corrected chi connectivity index (χ2v) is 6.20. The lowest BCUT2D eigenvalue weighted by atomic mass is 9.86. The summed E-state index contributed by atoms with van der Waals surface area (Å²) in [5, 5.41) is 2.86. The molecule has 0 aromatic rings. The van der Waals surface area contributed by atoms with Crippen molar-refractivity contribution in [3.05, 3.63) is 0 Å². The Kier molecular flexibility index (Phi) is 5.98. The highest BCUT2D eigenvalue weighted by Crippen LogP contribution is 2.22. The lowest BCUT2D eigenvalue weighted by molar-refractivity contribution is -0.125. The molecule has 0 heterocycles. The molecule has 94 valence electrons. The normalized spacial score (nSPS) is 27.4. The SMILES string of the molecule is CCS(=O)CCNC(=O)C1CCC(N)CC1. The van der Waals surface area contributed by atoms with Crippen LogP contribution in [0.3, 0.4) is 0 Å². The van der Waals surface area contributed by atoms with Crippen LogP contribution in [0.4, 0.5) is 0 Å². The molecule has 16 heavy (non-hydrogen) atoms. The summed E-state index contributed by atoms with van der Waals surface area (Å²) < 4.78 is 11.2. The van der Waals surface area contributed by atoms with Gasteiger partial charge in [-0.1, -0.05) is 6.92 Å². The summed E-state index contributed by atoms with van der Waals surface area (Å²) in [5.74, 6) is 1.46. The summed E-state index contributed by atoms with van der Waals surface area (Å²) in [7, 11) is -0.789. The van der Waals surface area contributed by atoms with E-state index < -0.39 is 10.8 Å². The highest BCUT2D eigenvalue weighted by atomic mass is 32.2. The van der Waals surface area contributed by atoms with Crippen molar-refractivity contribution in [2.24, 2.45) is 11.7 Å². The molecule has 5 heteroatoms. The average Bonchev–Trinajstić information content (AvgIpc) is 2.29. The van der Waals surface area contributed by atoms with Crippen LogP contribution in [0.1, 0.15) is 32.6 Å². The van der Waals surface area contributed by atoms with Crippen LogP contribution >= 0.6 is 0 Å². The van der Waals surface area contributed by atoms with Crippen molar-refractivity contribution < 1.29 is 9.00 Å². The van der Waals surface area contributed by atoms with Crippen LogP contribution in [0.25, 0.3) is 0 Å². The molecule has 1 unspecified atom stereocenters. The molecular formula is C11H22N2O2S. The molecule has 1 atom stereocenters. The third-order valence-electron chi connectivity index (χ3n) is 3.09. The predicted molar refractivity (Wildman–Crippen MR) is 66.5 cm³/mol. The van der Waals surface area contributed by atoms with E-state index in [4.69, 9.17) is 5.73 Å². The van der Waals surface area contributed by atoms with Gasteiger partial charge in [-0.15, -0.1) is 0 Å². The van der Waals surface area contributed by atoms with Gasteiger partial charge < -0.3 is 11.1 Å². The van der Waals surface area contributed by atoms with Crippen LogP contribution in [0.5, 0.6) is 0 Å². The number of nitrogens with two attached hydrogens (primary N) is 1. The topological polar surface area (TPSA) is 72.2 Å². The largest absolute Gasteiger partial charge is 0.355 e. The van der Waals surface area contributed by atoms with Crippen LogP contribution < -0.4 is 11.1 Å². The van der Waals surface area contributed by atoms with Crippen molar-refractivity contribution in [1.29, 1.82) is 0 Å². The second kappa shape index (κ2) is 7.01. The van der Waals surface area contributed by atoms with Gasteiger partial charge in [-0.05, 0) is 25.7 Å².